The van der Waals surface area contributed by atoms with Gasteiger partial charge in [-0.2, -0.15) is 18.3 Å². The van der Waals surface area contributed by atoms with Gasteiger partial charge in [0.2, 0.25) is 0 Å². The number of pyridine rings is 1. The Morgan fingerprint density at radius 1 is 0.902 bits per heavy atom. The Kier molecular flexibility index (Phi) is 6.80. The molecule has 0 fully saturated rings. The third-order valence-electron chi connectivity index (χ3n) is 8.39. The van der Waals surface area contributed by atoms with E-state index in [9.17, 15) is 18.0 Å². The predicted octanol–water partition coefficient (Wildman–Crippen LogP) is 9.31. The first-order valence-electron chi connectivity index (χ1n) is 14.0. The second-order valence-corrected chi connectivity index (χ2v) is 11.1. The average molecular weight is 553 g/mol. The lowest BCUT2D eigenvalue weighted by Gasteiger charge is -2.25. The third kappa shape index (κ3) is 4.86. The minimum atomic E-state index is -4.51. The van der Waals surface area contributed by atoms with E-state index < -0.39 is 11.7 Å². The SMILES string of the molecule is Cc1cccc(C)c1-c1c(C)nn2c(-c3cccc(C(F)(F)F)c3)c(C(=O)C[C@H]3CCCc4ccccc43)ccc12. The van der Waals surface area contributed by atoms with Crippen LogP contribution in [0.25, 0.3) is 27.9 Å². The van der Waals surface area contributed by atoms with Gasteiger partial charge in [-0.3, -0.25) is 4.79 Å². The highest BCUT2D eigenvalue weighted by Crippen LogP contribution is 2.40. The van der Waals surface area contributed by atoms with Crippen LogP contribution in [0.2, 0.25) is 0 Å². The van der Waals surface area contributed by atoms with Crippen molar-refractivity contribution in [3.63, 3.8) is 0 Å². The van der Waals surface area contributed by atoms with E-state index in [-0.39, 0.29) is 11.7 Å². The fourth-order valence-electron chi connectivity index (χ4n) is 6.49. The van der Waals surface area contributed by atoms with Crippen LogP contribution in [-0.4, -0.2) is 15.4 Å². The van der Waals surface area contributed by atoms with Crippen molar-refractivity contribution in [2.24, 2.45) is 0 Å². The van der Waals surface area contributed by atoms with E-state index in [2.05, 4.69) is 12.1 Å². The zero-order valence-corrected chi connectivity index (χ0v) is 23.3. The van der Waals surface area contributed by atoms with Gasteiger partial charge >= 0.3 is 6.18 Å². The van der Waals surface area contributed by atoms with E-state index in [1.807, 2.05) is 57.2 Å². The molecule has 0 spiro atoms. The van der Waals surface area contributed by atoms with Gasteiger partial charge in [0.15, 0.2) is 5.78 Å². The molecule has 1 atom stereocenters. The number of benzene rings is 3. The van der Waals surface area contributed by atoms with Crippen LogP contribution in [0.4, 0.5) is 13.2 Å². The lowest BCUT2D eigenvalue weighted by atomic mass is 9.79. The zero-order chi connectivity index (χ0) is 28.9. The number of aryl methyl sites for hydroxylation is 4. The first-order valence-corrected chi connectivity index (χ1v) is 14.0. The van der Waals surface area contributed by atoms with Crippen molar-refractivity contribution >= 4 is 11.3 Å². The largest absolute Gasteiger partial charge is 0.416 e. The summed E-state index contributed by atoms with van der Waals surface area (Å²) in [4.78, 5) is 14.0. The molecule has 208 valence electrons. The molecule has 0 amide bonds. The number of Topliss-reactive ketones (excluding diaryl/α,β-unsaturated/α-hetero) is 1. The maximum Gasteiger partial charge on any atom is 0.416 e. The molecule has 41 heavy (non-hydrogen) atoms. The molecular weight excluding hydrogens is 521 g/mol. The van der Waals surface area contributed by atoms with Crippen LogP contribution in [0, 0.1) is 20.8 Å². The lowest BCUT2D eigenvalue weighted by molar-refractivity contribution is -0.137. The molecule has 1 aliphatic carbocycles. The van der Waals surface area contributed by atoms with Crippen LogP contribution < -0.4 is 0 Å². The number of alkyl halides is 3. The van der Waals surface area contributed by atoms with Gasteiger partial charge in [0.05, 0.1) is 22.5 Å². The van der Waals surface area contributed by atoms with Gasteiger partial charge in [-0.25, -0.2) is 4.52 Å². The Bertz CT molecular complexity index is 1780. The summed E-state index contributed by atoms with van der Waals surface area (Å²) in [5.41, 5.74) is 8.44. The monoisotopic (exact) mass is 552 g/mol. The van der Waals surface area contributed by atoms with E-state index in [0.29, 0.717) is 23.2 Å². The summed E-state index contributed by atoms with van der Waals surface area (Å²) in [5.74, 6) is -0.0233. The minimum Gasteiger partial charge on any atom is -0.294 e. The maximum absolute atomic E-state index is 14.0. The standard InChI is InChI=1S/C35H31F3N2O/c1-21-9-6-10-22(2)32(21)33-23(3)39-40-30(33)18-17-29(34(40)26-14-8-15-27(19-26)35(36,37)38)31(41)20-25-13-7-12-24-11-4-5-16-28(24)25/h4-6,8-11,14-19,25H,7,12-13,20H2,1-3H3/t25-/m1/s1. The summed E-state index contributed by atoms with van der Waals surface area (Å²) < 4.78 is 43.1. The number of carbonyl (C=O) groups excluding carboxylic acids is 1. The highest BCUT2D eigenvalue weighted by molar-refractivity contribution is 6.03. The van der Waals surface area contributed by atoms with E-state index in [4.69, 9.17) is 5.10 Å². The van der Waals surface area contributed by atoms with Gasteiger partial charge in [-0.15, -0.1) is 0 Å². The number of aromatic nitrogens is 2. The molecule has 3 aromatic carbocycles. The molecule has 2 aromatic heterocycles. The summed E-state index contributed by atoms with van der Waals surface area (Å²) in [5, 5.41) is 4.85. The van der Waals surface area contributed by atoms with Crippen molar-refractivity contribution in [1.29, 1.82) is 0 Å². The van der Waals surface area contributed by atoms with Gasteiger partial charge in [-0.05, 0) is 98.0 Å². The highest BCUT2D eigenvalue weighted by Gasteiger charge is 2.32. The van der Waals surface area contributed by atoms with E-state index in [0.717, 1.165) is 64.9 Å². The van der Waals surface area contributed by atoms with Gasteiger partial charge in [0, 0.05) is 23.1 Å². The Morgan fingerprint density at radius 2 is 1.63 bits per heavy atom. The Labute approximate surface area is 237 Å². The topological polar surface area (TPSA) is 34.4 Å². The van der Waals surface area contributed by atoms with Crippen molar-refractivity contribution in [3.8, 4) is 22.4 Å². The predicted molar refractivity (Wildman–Crippen MR) is 156 cm³/mol. The van der Waals surface area contributed by atoms with Crippen molar-refractivity contribution in [1.82, 2.24) is 9.61 Å². The Hall–Kier alpha value is -4.19. The number of hydrogen-bond acceptors (Lipinski definition) is 2. The second kappa shape index (κ2) is 10.3. The fraction of sp³-hybridized carbons (Fsp3) is 0.257. The number of carbonyl (C=O) groups is 1. The number of rotatable bonds is 5. The minimum absolute atomic E-state index is 0.0713. The summed E-state index contributed by atoms with van der Waals surface area (Å²) in [6.45, 7) is 5.99. The van der Waals surface area contributed by atoms with Crippen LogP contribution in [0.1, 0.15) is 69.0 Å². The second-order valence-electron chi connectivity index (χ2n) is 11.1. The van der Waals surface area contributed by atoms with Crippen LogP contribution in [0.3, 0.4) is 0 Å². The van der Waals surface area contributed by atoms with Gasteiger partial charge in [0.25, 0.3) is 0 Å². The van der Waals surface area contributed by atoms with E-state index in [1.54, 1.807) is 16.6 Å². The molecule has 0 saturated carbocycles. The molecule has 1 aliphatic rings. The normalized spacial score (nSPS) is 15.2. The van der Waals surface area contributed by atoms with Gasteiger partial charge < -0.3 is 0 Å². The Morgan fingerprint density at radius 3 is 2.39 bits per heavy atom. The highest BCUT2D eigenvalue weighted by atomic mass is 19.4. The molecule has 0 unspecified atom stereocenters. The average Bonchev–Trinajstić information content (AvgIpc) is 3.27. The molecule has 0 saturated heterocycles. The van der Waals surface area contributed by atoms with Crippen LogP contribution in [0.5, 0.6) is 0 Å². The molecular formula is C35H31F3N2O. The first kappa shape index (κ1) is 27.0. The number of ketones is 1. The Balaban J connectivity index is 1.55. The summed E-state index contributed by atoms with van der Waals surface area (Å²) >= 11 is 0. The van der Waals surface area contributed by atoms with E-state index in [1.165, 1.54) is 17.2 Å². The molecule has 3 nitrogen and oxygen atoms in total. The number of hydrogen-bond donors (Lipinski definition) is 0. The van der Waals surface area contributed by atoms with Crippen molar-refractivity contribution in [2.45, 2.75) is 58.5 Å². The van der Waals surface area contributed by atoms with E-state index >= 15 is 0 Å². The smallest absolute Gasteiger partial charge is 0.294 e. The van der Waals surface area contributed by atoms with Crippen LogP contribution in [0.15, 0.2) is 78.9 Å². The van der Waals surface area contributed by atoms with Gasteiger partial charge in [-0.1, -0.05) is 54.6 Å². The number of fused-ring (bicyclic) bond motifs is 2. The maximum atomic E-state index is 14.0. The molecule has 2 heterocycles. The summed E-state index contributed by atoms with van der Waals surface area (Å²) in [7, 11) is 0. The van der Waals surface area contributed by atoms with Crippen LogP contribution >= 0.6 is 0 Å². The summed E-state index contributed by atoms with van der Waals surface area (Å²) in [6.07, 6.45) is -1.31. The van der Waals surface area contributed by atoms with Crippen molar-refractivity contribution in [2.75, 3.05) is 0 Å². The quantitative estimate of drug-likeness (QED) is 0.204. The lowest BCUT2D eigenvalue weighted by Crippen LogP contribution is -2.15. The summed E-state index contributed by atoms with van der Waals surface area (Å²) in [6, 6.07) is 23.2. The number of nitrogens with zero attached hydrogens (tertiary/aromatic N) is 2. The van der Waals surface area contributed by atoms with Crippen LogP contribution in [-0.2, 0) is 12.6 Å². The zero-order valence-electron chi connectivity index (χ0n) is 23.3. The molecule has 6 heteroatoms. The molecule has 0 aliphatic heterocycles. The molecule has 5 aromatic rings. The molecule has 0 radical (unpaired) electrons. The number of halogens is 3. The first-order chi connectivity index (χ1) is 19.6. The molecule has 0 bridgehead atoms. The van der Waals surface area contributed by atoms with Gasteiger partial charge in [0.1, 0.15) is 0 Å². The third-order valence-corrected chi connectivity index (χ3v) is 8.39. The van der Waals surface area contributed by atoms with Crippen molar-refractivity contribution < 1.29 is 18.0 Å². The fourth-order valence-corrected chi connectivity index (χ4v) is 6.49. The molecule has 6 rings (SSSR count). The van der Waals surface area contributed by atoms with Crippen molar-refractivity contribution in [3.05, 3.63) is 118 Å². The molecule has 0 N–H and O–H groups in total.